The molecule has 0 radical (unpaired) electrons. The number of nitrogens with one attached hydrogen (secondary N) is 1. The van der Waals surface area contributed by atoms with E-state index < -0.39 is 0 Å². The molecule has 2 aromatic heterocycles. The van der Waals surface area contributed by atoms with Crippen LogP contribution in [0.5, 0.6) is 0 Å². The molecule has 0 unspecified atom stereocenters. The minimum Gasteiger partial charge on any atom is -0.383 e. The number of thiophene rings is 1. The number of carbonyl (C=O) groups is 1. The highest BCUT2D eigenvalue weighted by Gasteiger charge is 2.21. The molecule has 148 valence electrons. The lowest BCUT2D eigenvalue weighted by atomic mass is 9.99. The van der Waals surface area contributed by atoms with Crippen molar-refractivity contribution in [3.63, 3.8) is 0 Å². The van der Waals surface area contributed by atoms with Crippen LogP contribution in [0.15, 0.2) is 48.7 Å². The predicted octanol–water partition coefficient (Wildman–Crippen LogP) is 5.19. The Labute approximate surface area is 172 Å². The van der Waals surface area contributed by atoms with Crippen molar-refractivity contribution in [3.05, 3.63) is 64.9 Å². The Balaban J connectivity index is 1.93. The number of hydrogen-bond donors (Lipinski definition) is 1. The summed E-state index contributed by atoms with van der Waals surface area (Å²) < 4.78 is 19.8. The van der Waals surface area contributed by atoms with E-state index in [1.165, 1.54) is 29.0 Å². The summed E-state index contributed by atoms with van der Waals surface area (Å²) >= 11 is 1.37. The van der Waals surface area contributed by atoms with Gasteiger partial charge in [0, 0.05) is 40.9 Å². The van der Waals surface area contributed by atoms with Crippen molar-refractivity contribution in [1.29, 1.82) is 0 Å². The number of rotatable bonds is 6. The second kappa shape index (κ2) is 8.27. The number of benzene rings is 2. The van der Waals surface area contributed by atoms with Crippen LogP contribution < -0.4 is 5.32 Å². The third kappa shape index (κ3) is 3.73. The number of methoxy groups -OCH3 is 1. The summed E-state index contributed by atoms with van der Waals surface area (Å²) in [5.41, 5.74) is 3.72. The average molecular weight is 408 g/mol. The molecule has 0 aliphatic rings. The van der Waals surface area contributed by atoms with Crippen LogP contribution in [0.2, 0.25) is 0 Å². The minimum atomic E-state index is -0.319. The fourth-order valence-electron chi connectivity index (χ4n) is 3.40. The lowest BCUT2D eigenvalue weighted by Gasteiger charge is -2.07. The van der Waals surface area contributed by atoms with Crippen molar-refractivity contribution in [3.8, 4) is 11.1 Å². The topological polar surface area (TPSA) is 51.2 Å². The molecule has 0 bridgehead atoms. The Morgan fingerprint density at radius 3 is 2.69 bits per heavy atom. The van der Waals surface area contributed by atoms with E-state index in [0.29, 0.717) is 23.5 Å². The lowest BCUT2D eigenvalue weighted by molar-refractivity contribution is 0.0942. The van der Waals surface area contributed by atoms with E-state index >= 15 is 0 Å². The first kappa shape index (κ1) is 19.5. The smallest absolute Gasteiger partial charge is 0.262 e. The second-order valence-electron chi connectivity index (χ2n) is 6.77. The number of hydrogen-bond acceptors (Lipinski definition) is 4. The lowest BCUT2D eigenvalue weighted by Crippen LogP contribution is -2.26. The molecule has 0 atom stereocenters. The zero-order chi connectivity index (χ0) is 20.4. The molecule has 2 heterocycles. The Bertz CT molecular complexity index is 1190. The van der Waals surface area contributed by atoms with Gasteiger partial charge >= 0.3 is 0 Å². The maximum absolute atomic E-state index is 13.9. The molecular formula is C23H21FN2O2S. The highest BCUT2D eigenvalue weighted by atomic mass is 32.1. The van der Waals surface area contributed by atoms with Crippen LogP contribution in [0.25, 0.3) is 32.1 Å². The number of amides is 1. The van der Waals surface area contributed by atoms with Gasteiger partial charge in [0.15, 0.2) is 0 Å². The van der Waals surface area contributed by atoms with Gasteiger partial charge in [0.25, 0.3) is 5.91 Å². The van der Waals surface area contributed by atoms with E-state index in [0.717, 1.165) is 33.0 Å². The minimum absolute atomic E-state index is 0.164. The number of aromatic nitrogens is 1. The van der Waals surface area contributed by atoms with Gasteiger partial charge in [-0.15, -0.1) is 11.3 Å². The van der Waals surface area contributed by atoms with Crippen LogP contribution in [-0.2, 0) is 11.2 Å². The third-order valence-electron chi connectivity index (χ3n) is 4.93. The highest BCUT2D eigenvalue weighted by Crippen LogP contribution is 2.41. The number of halogens is 1. The second-order valence-corrected chi connectivity index (χ2v) is 7.79. The fourth-order valence-corrected chi connectivity index (χ4v) is 4.64. The summed E-state index contributed by atoms with van der Waals surface area (Å²) in [4.78, 5) is 18.1. The van der Waals surface area contributed by atoms with E-state index in [1.54, 1.807) is 19.4 Å². The molecule has 1 N–H and O–H groups in total. The number of ether oxygens (including phenoxy) is 1. The summed E-state index contributed by atoms with van der Waals surface area (Å²) in [5.74, 6) is -0.484. The van der Waals surface area contributed by atoms with Crippen molar-refractivity contribution in [2.24, 2.45) is 0 Å². The molecule has 4 rings (SSSR count). The summed E-state index contributed by atoms with van der Waals surface area (Å²) in [6, 6.07) is 12.7. The van der Waals surface area contributed by atoms with Gasteiger partial charge < -0.3 is 10.1 Å². The average Bonchev–Trinajstić information content (AvgIpc) is 3.14. The molecule has 6 heteroatoms. The van der Waals surface area contributed by atoms with Crippen molar-refractivity contribution in [1.82, 2.24) is 10.3 Å². The quantitative estimate of drug-likeness (QED) is 0.447. The largest absolute Gasteiger partial charge is 0.383 e. The van der Waals surface area contributed by atoms with Crippen LogP contribution in [0.4, 0.5) is 4.39 Å². The van der Waals surface area contributed by atoms with Gasteiger partial charge in [-0.05, 0) is 35.7 Å². The summed E-state index contributed by atoms with van der Waals surface area (Å²) in [5, 5.41) is 4.48. The van der Waals surface area contributed by atoms with Gasteiger partial charge in [-0.1, -0.05) is 31.2 Å². The molecule has 4 aromatic rings. The van der Waals surface area contributed by atoms with Crippen LogP contribution in [0.3, 0.4) is 0 Å². The van der Waals surface area contributed by atoms with Crippen LogP contribution >= 0.6 is 11.3 Å². The highest BCUT2D eigenvalue weighted by molar-refractivity contribution is 7.22. The van der Waals surface area contributed by atoms with Gasteiger partial charge in [-0.2, -0.15) is 0 Å². The molecule has 0 spiro atoms. The van der Waals surface area contributed by atoms with Crippen LogP contribution in [-0.4, -0.2) is 31.2 Å². The molecule has 0 aliphatic heterocycles. The first-order valence-corrected chi connectivity index (χ1v) is 10.3. The Kier molecular flexibility index (Phi) is 5.56. The normalized spacial score (nSPS) is 11.3. The molecule has 0 aliphatic carbocycles. The van der Waals surface area contributed by atoms with Gasteiger partial charge in [0.05, 0.1) is 12.1 Å². The zero-order valence-corrected chi connectivity index (χ0v) is 17.1. The molecule has 1 amide bonds. The van der Waals surface area contributed by atoms with E-state index in [1.807, 2.05) is 12.1 Å². The monoisotopic (exact) mass is 408 g/mol. The number of carbonyl (C=O) groups excluding carboxylic acids is 1. The molecule has 0 saturated heterocycles. The zero-order valence-electron chi connectivity index (χ0n) is 16.3. The number of pyridine rings is 1. The molecule has 29 heavy (non-hydrogen) atoms. The molecule has 2 aromatic carbocycles. The predicted molar refractivity (Wildman–Crippen MR) is 116 cm³/mol. The molecule has 4 nitrogen and oxygen atoms in total. The van der Waals surface area contributed by atoms with Crippen molar-refractivity contribution >= 4 is 38.2 Å². The maximum Gasteiger partial charge on any atom is 0.262 e. The van der Waals surface area contributed by atoms with E-state index in [-0.39, 0.29) is 11.7 Å². The molecule has 0 saturated carbocycles. The fraction of sp³-hybridized carbons (Fsp3) is 0.217. The van der Waals surface area contributed by atoms with E-state index in [4.69, 9.17) is 4.74 Å². The summed E-state index contributed by atoms with van der Waals surface area (Å²) in [6.45, 7) is 2.96. The van der Waals surface area contributed by atoms with Gasteiger partial charge in [-0.3, -0.25) is 9.78 Å². The Hall–Kier alpha value is -2.83. The first-order valence-electron chi connectivity index (χ1n) is 9.49. The van der Waals surface area contributed by atoms with Crippen molar-refractivity contribution in [2.45, 2.75) is 13.3 Å². The van der Waals surface area contributed by atoms with E-state index in [9.17, 15) is 9.18 Å². The van der Waals surface area contributed by atoms with Gasteiger partial charge in [0.1, 0.15) is 10.7 Å². The standard InChI is InChI=1S/C23H21FN2O2S/c1-3-14-4-6-15(7-5-14)20-18-13-26-19-9-8-16(24)12-17(19)21(18)29-22(20)23(27)25-10-11-28-2/h4-9,12-13H,3,10-11H2,1-2H3,(H,25,27). The first-order chi connectivity index (χ1) is 14.1. The Morgan fingerprint density at radius 1 is 1.17 bits per heavy atom. The molecule has 0 fully saturated rings. The SMILES string of the molecule is CCc1ccc(-c2c(C(=O)NCCOC)sc3c2cnc2ccc(F)cc23)cc1. The number of aryl methyl sites for hydroxylation is 1. The van der Waals surface area contributed by atoms with Gasteiger partial charge in [-0.25, -0.2) is 4.39 Å². The third-order valence-corrected chi connectivity index (χ3v) is 6.17. The van der Waals surface area contributed by atoms with Crippen molar-refractivity contribution < 1.29 is 13.9 Å². The van der Waals surface area contributed by atoms with Crippen LogP contribution in [0, 0.1) is 5.82 Å². The number of nitrogens with zero attached hydrogens (tertiary/aromatic N) is 1. The maximum atomic E-state index is 13.9. The molecular weight excluding hydrogens is 387 g/mol. The summed E-state index contributed by atoms with van der Waals surface area (Å²) in [6.07, 6.45) is 2.72. The number of fused-ring (bicyclic) bond motifs is 3. The summed E-state index contributed by atoms with van der Waals surface area (Å²) in [7, 11) is 1.60. The Morgan fingerprint density at radius 2 is 1.97 bits per heavy atom. The van der Waals surface area contributed by atoms with Gasteiger partial charge in [0.2, 0.25) is 0 Å². The van der Waals surface area contributed by atoms with Crippen molar-refractivity contribution in [2.75, 3.05) is 20.3 Å². The van der Waals surface area contributed by atoms with Crippen LogP contribution in [0.1, 0.15) is 22.2 Å². The van der Waals surface area contributed by atoms with E-state index in [2.05, 4.69) is 29.4 Å².